The fraction of sp³-hybridized carbons (Fsp3) is 0.128. The van der Waals surface area contributed by atoms with Gasteiger partial charge in [-0.1, -0.05) is 107 Å². The van der Waals surface area contributed by atoms with Gasteiger partial charge < -0.3 is 20.4 Å². The third-order valence-electron chi connectivity index (χ3n) is 7.19. The lowest BCUT2D eigenvalue weighted by Crippen LogP contribution is -2.05. The normalized spacial score (nSPS) is 10.4. The van der Waals surface area contributed by atoms with Crippen molar-refractivity contribution in [1.29, 1.82) is 0 Å². The Morgan fingerprint density at radius 3 is 1.28 bits per heavy atom. The summed E-state index contributed by atoms with van der Waals surface area (Å²) in [5.41, 5.74) is 5.76. The summed E-state index contributed by atoms with van der Waals surface area (Å²) >= 11 is 0. The maximum atomic E-state index is 11.2. The van der Waals surface area contributed by atoms with Crippen molar-refractivity contribution in [3.8, 4) is 45.3 Å². The van der Waals surface area contributed by atoms with Gasteiger partial charge in [-0.15, -0.1) is 0 Å². The van der Waals surface area contributed by atoms with Gasteiger partial charge in [-0.25, -0.2) is 0 Å². The van der Waals surface area contributed by atoms with Crippen LogP contribution >= 0.6 is 0 Å². The zero-order chi connectivity index (χ0) is 30.9. The number of phenolic OH excluding ortho intramolecular Hbond substituents is 4. The molecule has 0 radical (unpaired) electrons. The highest BCUT2D eigenvalue weighted by Gasteiger charge is 2.24. The van der Waals surface area contributed by atoms with Crippen molar-refractivity contribution in [3.63, 3.8) is 0 Å². The molecule has 0 saturated heterocycles. The molecule has 0 atom stereocenters. The van der Waals surface area contributed by atoms with Crippen LogP contribution in [0.1, 0.15) is 50.3 Å². The SMILES string of the molecule is CC.CC.Oc1ccc(-c2ccc(O)c(C(c3ccc4ccccc4c3)c3cc(-c4ccc(O)cc4)ccc3O)c2)cc1. The van der Waals surface area contributed by atoms with Crippen LogP contribution in [-0.4, -0.2) is 20.4 Å². The molecular weight excluding hydrogens is 532 g/mol. The van der Waals surface area contributed by atoms with Gasteiger partial charge in [0.25, 0.3) is 0 Å². The smallest absolute Gasteiger partial charge is 0.119 e. The molecule has 0 spiro atoms. The second-order valence-electron chi connectivity index (χ2n) is 9.68. The van der Waals surface area contributed by atoms with Crippen molar-refractivity contribution >= 4 is 10.8 Å². The second kappa shape index (κ2) is 14.1. The number of benzene rings is 6. The summed E-state index contributed by atoms with van der Waals surface area (Å²) in [5, 5.41) is 44.1. The van der Waals surface area contributed by atoms with Gasteiger partial charge in [-0.2, -0.15) is 0 Å². The standard InChI is InChI=1S/C35H26O4.2C2H6/c36-29-13-7-23(8-14-29)26-11-17-33(38)31(20-26)35(28-6-5-22-3-1-2-4-25(22)19-28)32-21-27(12-18-34(32)39)24-9-15-30(37)16-10-24;2*1-2/h1-21,35-39H;2*1-2H3. The molecule has 0 fully saturated rings. The molecule has 0 aliphatic heterocycles. The largest absolute Gasteiger partial charge is 0.508 e. The highest BCUT2D eigenvalue weighted by Crippen LogP contribution is 2.44. The lowest BCUT2D eigenvalue weighted by atomic mass is 9.81. The first-order valence-corrected chi connectivity index (χ1v) is 14.7. The Hall–Kier alpha value is -5.22. The molecule has 6 rings (SSSR count). The number of hydrogen-bond acceptors (Lipinski definition) is 4. The minimum Gasteiger partial charge on any atom is -0.508 e. The van der Waals surface area contributed by atoms with Gasteiger partial charge in [0, 0.05) is 17.0 Å². The van der Waals surface area contributed by atoms with E-state index < -0.39 is 5.92 Å². The van der Waals surface area contributed by atoms with Crippen LogP contribution < -0.4 is 0 Å². The Kier molecular flexibility index (Phi) is 10.1. The maximum Gasteiger partial charge on any atom is 0.119 e. The summed E-state index contributed by atoms with van der Waals surface area (Å²) < 4.78 is 0. The van der Waals surface area contributed by atoms with E-state index in [4.69, 9.17) is 0 Å². The van der Waals surface area contributed by atoms with Crippen molar-refractivity contribution in [3.05, 3.63) is 144 Å². The zero-order valence-electron chi connectivity index (χ0n) is 25.0. The van der Waals surface area contributed by atoms with E-state index in [1.54, 1.807) is 36.4 Å². The molecule has 6 aromatic rings. The summed E-state index contributed by atoms with van der Waals surface area (Å²) in [6, 6.07) is 39.1. The van der Waals surface area contributed by atoms with Crippen molar-refractivity contribution < 1.29 is 20.4 Å². The molecule has 0 aliphatic carbocycles. The lowest BCUT2D eigenvalue weighted by molar-refractivity contribution is 0.458. The second-order valence-corrected chi connectivity index (χ2v) is 9.68. The molecule has 4 heteroatoms. The maximum absolute atomic E-state index is 11.2. The van der Waals surface area contributed by atoms with Gasteiger partial charge in [0.15, 0.2) is 0 Å². The van der Waals surface area contributed by atoms with E-state index in [0.717, 1.165) is 38.6 Å². The Balaban J connectivity index is 0.00000102. The Bertz CT molecular complexity index is 1690. The van der Waals surface area contributed by atoms with Gasteiger partial charge in [0.1, 0.15) is 23.0 Å². The average Bonchev–Trinajstić information content (AvgIpc) is 3.05. The fourth-order valence-corrected chi connectivity index (χ4v) is 5.15. The molecule has 0 aliphatic rings. The van der Waals surface area contributed by atoms with Crippen LogP contribution in [-0.2, 0) is 0 Å². The van der Waals surface area contributed by atoms with Crippen molar-refractivity contribution in [2.24, 2.45) is 0 Å². The molecule has 0 saturated carbocycles. The summed E-state index contributed by atoms with van der Waals surface area (Å²) in [5.74, 6) is 0.115. The molecule has 0 aromatic heterocycles. The van der Waals surface area contributed by atoms with Gasteiger partial charge in [-0.05, 0) is 87.1 Å². The third kappa shape index (κ3) is 6.82. The van der Waals surface area contributed by atoms with Crippen molar-refractivity contribution in [1.82, 2.24) is 0 Å². The summed E-state index contributed by atoms with van der Waals surface area (Å²) in [4.78, 5) is 0. The average molecular weight is 571 g/mol. The Labute approximate surface area is 253 Å². The molecule has 43 heavy (non-hydrogen) atoms. The zero-order valence-corrected chi connectivity index (χ0v) is 25.0. The molecule has 4 nitrogen and oxygen atoms in total. The number of rotatable bonds is 5. The molecule has 0 bridgehead atoms. The van der Waals surface area contributed by atoms with E-state index in [1.807, 2.05) is 94.4 Å². The van der Waals surface area contributed by atoms with E-state index in [0.29, 0.717) is 11.1 Å². The molecule has 4 N–H and O–H groups in total. The first kappa shape index (κ1) is 30.7. The number of aromatic hydroxyl groups is 4. The Morgan fingerprint density at radius 2 is 0.814 bits per heavy atom. The molecule has 0 amide bonds. The van der Waals surface area contributed by atoms with Crippen LogP contribution in [0.3, 0.4) is 0 Å². The molecule has 6 aromatic carbocycles. The highest BCUT2D eigenvalue weighted by atomic mass is 16.3. The van der Waals surface area contributed by atoms with Crippen LogP contribution in [0.4, 0.5) is 0 Å². The van der Waals surface area contributed by atoms with Gasteiger partial charge >= 0.3 is 0 Å². The Morgan fingerprint density at radius 1 is 0.395 bits per heavy atom. The van der Waals surface area contributed by atoms with Gasteiger partial charge in [0.2, 0.25) is 0 Å². The van der Waals surface area contributed by atoms with E-state index in [1.165, 1.54) is 0 Å². The topological polar surface area (TPSA) is 80.9 Å². The van der Waals surface area contributed by atoms with E-state index in [9.17, 15) is 20.4 Å². The molecule has 218 valence electrons. The third-order valence-corrected chi connectivity index (χ3v) is 7.19. The number of hydrogen-bond donors (Lipinski definition) is 4. The van der Waals surface area contributed by atoms with E-state index >= 15 is 0 Å². The van der Waals surface area contributed by atoms with Crippen LogP contribution in [0.5, 0.6) is 23.0 Å². The van der Waals surface area contributed by atoms with Crippen LogP contribution in [0.2, 0.25) is 0 Å². The summed E-state index contributed by atoms with van der Waals surface area (Å²) in [6.45, 7) is 8.00. The minimum absolute atomic E-state index is 0.116. The van der Waals surface area contributed by atoms with Crippen LogP contribution in [0.25, 0.3) is 33.0 Å². The van der Waals surface area contributed by atoms with Crippen molar-refractivity contribution in [2.45, 2.75) is 33.6 Å². The van der Waals surface area contributed by atoms with Gasteiger partial charge in [0.05, 0.1) is 0 Å². The monoisotopic (exact) mass is 570 g/mol. The quantitative estimate of drug-likeness (QED) is 0.155. The lowest BCUT2D eigenvalue weighted by Gasteiger charge is -2.23. The van der Waals surface area contributed by atoms with E-state index in [-0.39, 0.29) is 23.0 Å². The van der Waals surface area contributed by atoms with Crippen LogP contribution in [0, 0.1) is 0 Å². The minimum atomic E-state index is -0.483. The van der Waals surface area contributed by atoms with Crippen LogP contribution in [0.15, 0.2) is 127 Å². The molecular formula is C39H38O4. The molecule has 0 unspecified atom stereocenters. The predicted octanol–water partition coefficient (Wildman–Crippen LogP) is 10.2. The summed E-state index contributed by atoms with van der Waals surface area (Å²) in [6.07, 6.45) is 0. The predicted molar refractivity (Wildman–Crippen MR) is 178 cm³/mol. The summed E-state index contributed by atoms with van der Waals surface area (Å²) in [7, 11) is 0. The number of phenols is 4. The highest BCUT2D eigenvalue weighted by molar-refractivity contribution is 5.84. The molecule has 0 heterocycles. The first-order chi connectivity index (χ1) is 21.0. The fourth-order valence-electron chi connectivity index (χ4n) is 5.15. The number of fused-ring (bicyclic) bond motifs is 1. The van der Waals surface area contributed by atoms with Gasteiger partial charge in [-0.3, -0.25) is 0 Å². The first-order valence-electron chi connectivity index (χ1n) is 14.7. The van der Waals surface area contributed by atoms with Crippen molar-refractivity contribution in [2.75, 3.05) is 0 Å². The van der Waals surface area contributed by atoms with E-state index in [2.05, 4.69) is 24.3 Å².